The van der Waals surface area contributed by atoms with Crippen molar-refractivity contribution >= 4 is 11.9 Å². The molecule has 6 heteroatoms. The Hall–Kier alpha value is -0.386. The van der Waals surface area contributed by atoms with Gasteiger partial charge in [-0.2, -0.15) is 0 Å². The van der Waals surface area contributed by atoms with Crippen LogP contribution in [0.5, 0.6) is 0 Å². The summed E-state index contributed by atoms with van der Waals surface area (Å²) < 4.78 is 0. The number of unbranched alkanes of at least 4 members (excludes halogenated alkanes) is 4. The van der Waals surface area contributed by atoms with Gasteiger partial charge in [0.15, 0.2) is 0 Å². The van der Waals surface area contributed by atoms with Gasteiger partial charge in [-0.15, -0.1) is 0 Å². The van der Waals surface area contributed by atoms with Gasteiger partial charge in [0, 0.05) is 34.6 Å². The van der Waals surface area contributed by atoms with Crippen LogP contribution in [0, 0.1) is 10.8 Å². The van der Waals surface area contributed by atoms with Crippen molar-refractivity contribution in [3.63, 3.8) is 0 Å². The molecule has 0 saturated carbocycles. The molecule has 0 rings (SSSR count). The molecule has 0 bridgehead atoms. The first-order valence-corrected chi connectivity index (χ1v) is 9.27. The van der Waals surface area contributed by atoms with E-state index in [9.17, 15) is 9.59 Å². The fourth-order valence-electron chi connectivity index (χ4n) is 2.22. The van der Waals surface area contributed by atoms with Crippen molar-refractivity contribution in [1.29, 1.82) is 0 Å². The number of carboxylic acid groups (broad SMARTS) is 2. The third-order valence-corrected chi connectivity index (χ3v) is 3.63. The van der Waals surface area contributed by atoms with Crippen LogP contribution in [0.4, 0.5) is 0 Å². The molecular formula is C20H42O5Ti. The third-order valence-electron chi connectivity index (χ3n) is 3.63. The zero-order valence-electron chi connectivity index (χ0n) is 17.8. The second kappa shape index (κ2) is 18.0. The molecular weight excluding hydrogens is 368 g/mol. The molecule has 0 amide bonds. The smallest absolute Gasteiger partial charge is 0.303 e. The summed E-state index contributed by atoms with van der Waals surface area (Å²) in [6.07, 6.45) is 9.06. The van der Waals surface area contributed by atoms with Crippen LogP contribution < -0.4 is 0 Å². The van der Waals surface area contributed by atoms with Crippen molar-refractivity contribution in [2.75, 3.05) is 0 Å². The minimum absolute atomic E-state index is 0. The molecule has 0 heterocycles. The molecule has 0 aromatic heterocycles. The molecule has 0 aromatic carbocycles. The van der Waals surface area contributed by atoms with Crippen LogP contribution in [0.25, 0.3) is 0 Å². The maximum atomic E-state index is 10.2. The average Bonchev–Trinajstić information content (AvgIpc) is 2.35. The standard InChI is InChI=1S/2C10H20O2.H2O.Ti/c2*1-10(2,3)8-6-4-5-7-9(11)12;;/h2*4-8H2,1-3H3,(H,11,12);1H2;. The summed E-state index contributed by atoms with van der Waals surface area (Å²) in [7, 11) is 0. The molecule has 5 nitrogen and oxygen atoms in total. The molecule has 0 aromatic rings. The van der Waals surface area contributed by atoms with E-state index in [4.69, 9.17) is 10.2 Å². The molecule has 0 fully saturated rings. The zero-order chi connectivity index (χ0) is 19.2. The van der Waals surface area contributed by atoms with Gasteiger partial charge in [0.05, 0.1) is 0 Å². The van der Waals surface area contributed by atoms with Gasteiger partial charge >= 0.3 is 11.9 Å². The number of hydrogen-bond acceptors (Lipinski definition) is 2. The number of carbonyl (C=O) groups is 2. The molecule has 0 spiro atoms. The van der Waals surface area contributed by atoms with Gasteiger partial charge in [-0.1, -0.05) is 67.2 Å². The van der Waals surface area contributed by atoms with E-state index >= 15 is 0 Å². The maximum absolute atomic E-state index is 10.2. The minimum atomic E-state index is -0.675. The van der Waals surface area contributed by atoms with Crippen LogP contribution >= 0.6 is 0 Å². The predicted molar refractivity (Wildman–Crippen MR) is 104 cm³/mol. The van der Waals surface area contributed by atoms with E-state index in [1.54, 1.807) is 0 Å². The van der Waals surface area contributed by atoms with Crippen LogP contribution in [0.15, 0.2) is 0 Å². The van der Waals surface area contributed by atoms with Crippen LogP contribution in [0.3, 0.4) is 0 Å². The molecule has 0 aliphatic heterocycles. The first-order valence-electron chi connectivity index (χ1n) is 9.27. The van der Waals surface area contributed by atoms with Crippen LogP contribution in [0.2, 0.25) is 0 Å². The summed E-state index contributed by atoms with van der Waals surface area (Å²) in [5.41, 5.74) is 0.784. The Morgan fingerprint density at radius 2 is 0.885 bits per heavy atom. The molecule has 4 N–H and O–H groups in total. The Labute approximate surface area is 175 Å². The fourth-order valence-corrected chi connectivity index (χ4v) is 2.22. The Morgan fingerprint density at radius 3 is 1.08 bits per heavy atom. The molecule has 0 radical (unpaired) electrons. The van der Waals surface area contributed by atoms with E-state index in [1.165, 1.54) is 12.8 Å². The summed E-state index contributed by atoms with van der Waals surface area (Å²) in [5, 5.41) is 16.7. The summed E-state index contributed by atoms with van der Waals surface area (Å²) in [6.45, 7) is 13.3. The van der Waals surface area contributed by atoms with E-state index in [0.29, 0.717) is 23.7 Å². The topological polar surface area (TPSA) is 106 Å². The van der Waals surface area contributed by atoms with E-state index in [1.807, 2.05) is 0 Å². The summed E-state index contributed by atoms with van der Waals surface area (Å²) >= 11 is 0. The SMILES string of the molecule is CC(C)(C)CCCCCC(=O)O.CC(C)(C)CCCCCC(=O)O.O.[Ti]. The van der Waals surface area contributed by atoms with Crippen molar-refractivity contribution in [1.82, 2.24) is 0 Å². The Morgan fingerprint density at radius 1 is 0.615 bits per heavy atom. The molecule has 0 aliphatic carbocycles. The van der Waals surface area contributed by atoms with Gasteiger partial charge in [0.1, 0.15) is 0 Å². The quantitative estimate of drug-likeness (QED) is 0.376. The van der Waals surface area contributed by atoms with Gasteiger partial charge in [0.25, 0.3) is 0 Å². The molecule has 0 atom stereocenters. The van der Waals surface area contributed by atoms with Crippen molar-refractivity contribution in [2.45, 2.75) is 106 Å². The summed E-state index contributed by atoms with van der Waals surface area (Å²) in [6, 6.07) is 0. The Kier molecular flexibility index (Phi) is 23.0. The molecule has 26 heavy (non-hydrogen) atoms. The van der Waals surface area contributed by atoms with E-state index in [-0.39, 0.29) is 27.2 Å². The first kappa shape index (κ1) is 33.2. The summed E-state index contributed by atoms with van der Waals surface area (Å²) in [4.78, 5) is 20.3. The normalized spacial score (nSPS) is 10.7. The van der Waals surface area contributed by atoms with Gasteiger partial charge < -0.3 is 15.7 Å². The fraction of sp³-hybridized carbons (Fsp3) is 0.900. The van der Waals surface area contributed by atoms with Crippen molar-refractivity contribution in [2.24, 2.45) is 10.8 Å². The molecule has 156 valence electrons. The van der Waals surface area contributed by atoms with Gasteiger partial charge in [0.2, 0.25) is 0 Å². The van der Waals surface area contributed by atoms with Crippen LogP contribution in [-0.2, 0) is 31.3 Å². The van der Waals surface area contributed by atoms with Crippen molar-refractivity contribution < 1.29 is 47.0 Å². The van der Waals surface area contributed by atoms with Gasteiger partial charge in [-0.05, 0) is 36.5 Å². The number of aliphatic carboxylic acids is 2. The first-order chi connectivity index (χ1) is 10.8. The number of rotatable bonds is 10. The molecule has 0 saturated heterocycles. The molecule has 0 unspecified atom stereocenters. The van der Waals surface area contributed by atoms with Gasteiger partial charge in [-0.3, -0.25) is 9.59 Å². The van der Waals surface area contributed by atoms with E-state index < -0.39 is 11.9 Å². The number of hydrogen-bond donors (Lipinski definition) is 2. The van der Waals surface area contributed by atoms with E-state index in [0.717, 1.165) is 38.5 Å². The van der Waals surface area contributed by atoms with Crippen molar-refractivity contribution in [3.05, 3.63) is 0 Å². The molecule has 0 aliphatic rings. The second-order valence-electron chi connectivity index (χ2n) is 9.03. The van der Waals surface area contributed by atoms with Crippen LogP contribution in [0.1, 0.15) is 106 Å². The largest absolute Gasteiger partial charge is 0.481 e. The zero-order valence-corrected chi connectivity index (χ0v) is 19.3. The third kappa shape index (κ3) is 38.9. The van der Waals surface area contributed by atoms with Crippen LogP contribution in [-0.4, -0.2) is 27.6 Å². The van der Waals surface area contributed by atoms with Crippen molar-refractivity contribution in [3.8, 4) is 0 Å². The Bertz CT molecular complexity index is 309. The van der Waals surface area contributed by atoms with E-state index in [2.05, 4.69) is 41.5 Å². The monoisotopic (exact) mass is 410 g/mol. The maximum Gasteiger partial charge on any atom is 0.303 e. The number of carboxylic acids is 2. The predicted octanol–water partition coefficient (Wildman–Crippen LogP) is 5.31. The Balaban J connectivity index is -0.000000173. The second-order valence-corrected chi connectivity index (χ2v) is 9.03. The van der Waals surface area contributed by atoms with Gasteiger partial charge in [-0.25, -0.2) is 0 Å². The average molecular weight is 410 g/mol. The minimum Gasteiger partial charge on any atom is -0.481 e. The summed E-state index contributed by atoms with van der Waals surface area (Å²) in [5.74, 6) is -1.35.